The second-order valence-corrected chi connectivity index (χ2v) is 7.15. The van der Waals surface area contributed by atoms with Crippen molar-refractivity contribution in [2.45, 2.75) is 50.2 Å². The van der Waals surface area contributed by atoms with E-state index in [1.165, 1.54) is 12.1 Å². The Morgan fingerprint density at radius 1 is 1.33 bits per heavy atom. The van der Waals surface area contributed by atoms with Gasteiger partial charge in [-0.05, 0) is 56.1 Å². The van der Waals surface area contributed by atoms with Crippen LogP contribution in [0.25, 0.3) is 0 Å². The van der Waals surface area contributed by atoms with E-state index >= 15 is 0 Å². The zero-order valence-electron chi connectivity index (χ0n) is 13.6. The zero-order valence-corrected chi connectivity index (χ0v) is 13.6. The van der Waals surface area contributed by atoms with Gasteiger partial charge in [0.25, 0.3) is 0 Å². The number of nitrogens with zero attached hydrogens (tertiary/aromatic N) is 1. The third-order valence-electron chi connectivity index (χ3n) is 5.12. The average molecular weight is 340 g/mol. The molecule has 2 fully saturated rings. The van der Waals surface area contributed by atoms with Crippen LogP contribution in [0.3, 0.4) is 0 Å². The highest BCUT2D eigenvalue weighted by atomic mass is 19.4. The number of carbonyl (C=O) groups excluding carboxylic acids is 1. The summed E-state index contributed by atoms with van der Waals surface area (Å²) in [6.07, 6.45) is 0.570. The summed E-state index contributed by atoms with van der Waals surface area (Å²) < 4.78 is 38.3. The molecule has 0 unspecified atom stereocenters. The number of rotatable bonds is 4. The predicted octanol–water partition coefficient (Wildman–Crippen LogP) is 3.37. The van der Waals surface area contributed by atoms with E-state index in [9.17, 15) is 18.0 Å². The van der Waals surface area contributed by atoms with Gasteiger partial charge in [-0.25, -0.2) is 0 Å². The molecule has 0 spiro atoms. The molecular formula is C18H23F3N2O. The van der Waals surface area contributed by atoms with Crippen molar-refractivity contribution < 1.29 is 18.0 Å². The number of amides is 1. The van der Waals surface area contributed by atoms with E-state index in [-0.39, 0.29) is 5.91 Å². The van der Waals surface area contributed by atoms with Crippen LogP contribution in [0.5, 0.6) is 0 Å². The third-order valence-corrected chi connectivity index (χ3v) is 5.12. The second kappa shape index (κ2) is 6.39. The summed E-state index contributed by atoms with van der Waals surface area (Å²) in [4.78, 5) is 14.2. The fraction of sp³-hybridized carbons (Fsp3) is 0.611. The Morgan fingerprint density at radius 3 is 2.75 bits per heavy atom. The third kappa shape index (κ3) is 3.91. The molecule has 1 heterocycles. The molecule has 24 heavy (non-hydrogen) atoms. The Bertz CT molecular complexity index is 611. The van der Waals surface area contributed by atoms with E-state index in [1.54, 1.807) is 6.07 Å². The minimum Gasteiger partial charge on any atom is -0.341 e. The molecule has 3 rings (SSSR count). The monoisotopic (exact) mass is 340 g/mol. The van der Waals surface area contributed by atoms with Gasteiger partial charge < -0.3 is 10.6 Å². The minimum absolute atomic E-state index is 0.0475. The van der Waals surface area contributed by atoms with Crippen LogP contribution in [0.1, 0.15) is 43.2 Å². The summed E-state index contributed by atoms with van der Waals surface area (Å²) >= 11 is 0. The number of likely N-dealkylation sites (tertiary alicyclic amines) is 1. The van der Waals surface area contributed by atoms with Crippen LogP contribution in [-0.4, -0.2) is 29.4 Å². The normalized spacial score (nSPS) is 23.2. The maximum atomic E-state index is 12.8. The average Bonchev–Trinajstić information content (AvgIpc) is 3.31. The summed E-state index contributed by atoms with van der Waals surface area (Å²) in [5.41, 5.74) is 5.46. The first-order valence-electron chi connectivity index (χ1n) is 8.52. The molecule has 1 aromatic rings. The van der Waals surface area contributed by atoms with Crippen molar-refractivity contribution in [1.82, 2.24) is 4.90 Å². The van der Waals surface area contributed by atoms with Crippen molar-refractivity contribution in [1.29, 1.82) is 0 Å². The molecule has 1 atom stereocenters. The number of hydrogen-bond donors (Lipinski definition) is 1. The fourth-order valence-corrected chi connectivity index (χ4v) is 3.42. The van der Waals surface area contributed by atoms with E-state index in [0.717, 1.165) is 44.7 Å². The molecule has 1 amide bonds. The smallest absolute Gasteiger partial charge is 0.341 e. The molecular weight excluding hydrogens is 317 g/mol. The molecule has 0 bridgehead atoms. The molecule has 0 aromatic heterocycles. The van der Waals surface area contributed by atoms with Gasteiger partial charge in [-0.3, -0.25) is 4.79 Å². The molecule has 1 aromatic carbocycles. The Labute approximate surface area is 140 Å². The van der Waals surface area contributed by atoms with Crippen molar-refractivity contribution in [3.8, 4) is 0 Å². The van der Waals surface area contributed by atoms with Gasteiger partial charge in [0.1, 0.15) is 0 Å². The van der Waals surface area contributed by atoms with Crippen LogP contribution < -0.4 is 5.73 Å². The maximum absolute atomic E-state index is 12.8. The summed E-state index contributed by atoms with van der Waals surface area (Å²) in [6, 6.07) is 5.52. The fourth-order valence-electron chi connectivity index (χ4n) is 3.42. The molecule has 6 heteroatoms. The van der Waals surface area contributed by atoms with Crippen LogP contribution >= 0.6 is 0 Å². The van der Waals surface area contributed by atoms with Crippen molar-refractivity contribution in [3.05, 3.63) is 35.4 Å². The van der Waals surface area contributed by atoms with Crippen LogP contribution in [0.2, 0.25) is 0 Å². The molecule has 2 N–H and O–H groups in total. The van der Waals surface area contributed by atoms with E-state index in [0.29, 0.717) is 24.4 Å². The summed E-state index contributed by atoms with van der Waals surface area (Å²) in [6.45, 7) is 1.43. The largest absolute Gasteiger partial charge is 0.416 e. The number of piperidine rings is 1. The predicted molar refractivity (Wildman–Crippen MR) is 85.2 cm³/mol. The standard InChI is InChI=1S/C18H23F3N2O/c19-18(20,21)15-5-1-3-13(11-15)6-7-14-4-2-10-23(12-14)16(24)17(22)8-9-17/h1,3,5,11,14H,2,4,6-10,12,22H2/t14-/m1/s1. The molecule has 1 saturated heterocycles. The number of hydrogen-bond acceptors (Lipinski definition) is 2. The highest BCUT2D eigenvalue weighted by Gasteiger charge is 2.48. The lowest BCUT2D eigenvalue weighted by Gasteiger charge is -2.34. The Balaban J connectivity index is 1.56. The van der Waals surface area contributed by atoms with Crippen molar-refractivity contribution in [2.75, 3.05) is 13.1 Å². The van der Waals surface area contributed by atoms with E-state index in [1.807, 2.05) is 4.90 Å². The first-order chi connectivity index (χ1) is 11.3. The van der Waals surface area contributed by atoms with E-state index in [2.05, 4.69) is 0 Å². The first-order valence-corrected chi connectivity index (χ1v) is 8.52. The molecule has 2 aliphatic rings. The van der Waals surface area contributed by atoms with Gasteiger partial charge in [-0.2, -0.15) is 13.2 Å². The summed E-state index contributed by atoms with van der Waals surface area (Å²) in [5, 5.41) is 0. The molecule has 0 radical (unpaired) electrons. The lowest BCUT2D eigenvalue weighted by Crippen LogP contribution is -2.49. The lowest BCUT2D eigenvalue weighted by molar-refractivity contribution is -0.137. The minimum atomic E-state index is -4.30. The zero-order chi connectivity index (χ0) is 17.4. The van der Waals surface area contributed by atoms with Gasteiger partial charge >= 0.3 is 6.18 Å². The maximum Gasteiger partial charge on any atom is 0.416 e. The molecule has 1 aliphatic heterocycles. The Hall–Kier alpha value is -1.56. The van der Waals surface area contributed by atoms with Gasteiger partial charge in [0.2, 0.25) is 5.91 Å². The first kappa shape index (κ1) is 17.3. The number of alkyl halides is 3. The van der Waals surface area contributed by atoms with Crippen LogP contribution in [0, 0.1) is 5.92 Å². The molecule has 1 saturated carbocycles. The number of aryl methyl sites for hydroxylation is 1. The number of carbonyl (C=O) groups is 1. The number of benzene rings is 1. The SMILES string of the molecule is NC1(C(=O)N2CCC[C@H](CCc3cccc(C(F)(F)F)c3)C2)CC1. The van der Waals surface area contributed by atoms with Crippen LogP contribution in [-0.2, 0) is 17.4 Å². The van der Waals surface area contributed by atoms with Gasteiger partial charge in [-0.15, -0.1) is 0 Å². The highest BCUT2D eigenvalue weighted by Crippen LogP contribution is 2.36. The Morgan fingerprint density at radius 2 is 2.08 bits per heavy atom. The number of halogens is 3. The quantitative estimate of drug-likeness (QED) is 0.913. The number of nitrogens with two attached hydrogens (primary N) is 1. The van der Waals surface area contributed by atoms with Crippen molar-refractivity contribution in [3.63, 3.8) is 0 Å². The van der Waals surface area contributed by atoms with Gasteiger partial charge in [-0.1, -0.05) is 18.2 Å². The van der Waals surface area contributed by atoms with Gasteiger partial charge in [0, 0.05) is 13.1 Å². The summed E-state index contributed by atoms with van der Waals surface area (Å²) in [7, 11) is 0. The second-order valence-electron chi connectivity index (χ2n) is 7.15. The van der Waals surface area contributed by atoms with Crippen molar-refractivity contribution >= 4 is 5.91 Å². The molecule has 1 aliphatic carbocycles. The Kier molecular flexibility index (Phi) is 4.60. The molecule has 3 nitrogen and oxygen atoms in total. The summed E-state index contributed by atoms with van der Waals surface area (Å²) in [5.74, 6) is 0.380. The van der Waals surface area contributed by atoms with Crippen LogP contribution in [0.15, 0.2) is 24.3 Å². The highest BCUT2D eigenvalue weighted by molar-refractivity contribution is 5.89. The van der Waals surface area contributed by atoms with Crippen LogP contribution in [0.4, 0.5) is 13.2 Å². The van der Waals surface area contributed by atoms with Gasteiger partial charge in [0.15, 0.2) is 0 Å². The van der Waals surface area contributed by atoms with Gasteiger partial charge in [0.05, 0.1) is 11.1 Å². The van der Waals surface area contributed by atoms with E-state index < -0.39 is 17.3 Å². The topological polar surface area (TPSA) is 46.3 Å². The van der Waals surface area contributed by atoms with E-state index in [4.69, 9.17) is 5.73 Å². The van der Waals surface area contributed by atoms with Crippen molar-refractivity contribution in [2.24, 2.45) is 11.7 Å². The lowest BCUT2D eigenvalue weighted by atomic mass is 9.91. The molecule has 132 valence electrons.